The lowest BCUT2D eigenvalue weighted by atomic mass is 9.76. The number of hydrogen-bond acceptors (Lipinski definition) is 9. The summed E-state index contributed by atoms with van der Waals surface area (Å²) >= 11 is 4.99. The van der Waals surface area contributed by atoms with Gasteiger partial charge in [0.1, 0.15) is 5.75 Å². The third kappa shape index (κ3) is 13.0. The van der Waals surface area contributed by atoms with Crippen LogP contribution < -0.4 is 15.5 Å². The van der Waals surface area contributed by atoms with Crippen molar-refractivity contribution in [3.63, 3.8) is 0 Å². The normalized spacial score (nSPS) is 15.9. The van der Waals surface area contributed by atoms with E-state index in [0.29, 0.717) is 34.2 Å². The molecule has 0 N–H and O–H groups in total. The molecule has 0 aromatic heterocycles. The Hall–Kier alpha value is -3.59. The van der Waals surface area contributed by atoms with Crippen LogP contribution in [0.2, 0.25) is 0 Å². The van der Waals surface area contributed by atoms with Crippen LogP contribution in [0, 0.1) is 5.92 Å². The molecule has 2 aliphatic rings. The Labute approximate surface area is 349 Å². The lowest BCUT2D eigenvalue weighted by Crippen LogP contribution is -2.41. The van der Waals surface area contributed by atoms with Gasteiger partial charge in [0.15, 0.2) is 0 Å². The zero-order valence-corrected chi connectivity index (χ0v) is 37.6. The first-order valence-corrected chi connectivity index (χ1v) is 22.3. The van der Waals surface area contributed by atoms with Gasteiger partial charge < -0.3 is 19.1 Å². The van der Waals surface area contributed by atoms with Crippen molar-refractivity contribution in [2.45, 2.75) is 182 Å². The van der Waals surface area contributed by atoms with Gasteiger partial charge in [-0.15, -0.1) is 12.6 Å². The van der Waals surface area contributed by atoms with Gasteiger partial charge in [-0.05, 0) is 97.9 Å². The van der Waals surface area contributed by atoms with E-state index in [1.807, 2.05) is 96.7 Å². The topological polar surface area (TPSA) is 89.8 Å². The highest BCUT2D eigenvalue weighted by Gasteiger charge is 2.45. The van der Waals surface area contributed by atoms with Crippen molar-refractivity contribution in [1.29, 1.82) is 0 Å². The summed E-state index contributed by atoms with van der Waals surface area (Å²) in [5, 5.41) is 1.49. The number of fused-ring (bicyclic) bond motifs is 1. The third-order valence-corrected chi connectivity index (χ3v) is 11.2. The van der Waals surface area contributed by atoms with E-state index < -0.39 is 22.9 Å². The molecule has 0 fully saturated rings. The highest BCUT2D eigenvalue weighted by Crippen LogP contribution is 2.48. The van der Waals surface area contributed by atoms with E-state index in [0.717, 1.165) is 41.1 Å². The summed E-state index contributed by atoms with van der Waals surface area (Å²) in [6.45, 7) is 20.0. The average molecular weight is 802 g/mol. The molecule has 4 rings (SSSR count). The molecule has 57 heavy (non-hydrogen) atoms. The van der Waals surface area contributed by atoms with E-state index >= 15 is 0 Å². The number of hydrogen-bond donors (Lipinski definition) is 1. The van der Waals surface area contributed by atoms with Crippen LogP contribution in [0.25, 0.3) is 0 Å². The van der Waals surface area contributed by atoms with Crippen molar-refractivity contribution in [2.75, 3.05) is 6.54 Å². The van der Waals surface area contributed by atoms with Gasteiger partial charge in [0, 0.05) is 17.0 Å². The van der Waals surface area contributed by atoms with Crippen molar-refractivity contribution in [3.05, 3.63) is 86.8 Å². The molecular formula is C48H71N3O5S. The van der Waals surface area contributed by atoms with E-state index in [1.54, 1.807) is 0 Å². The predicted molar refractivity (Wildman–Crippen MR) is 234 cm³/mol. The van der Waals surface area contributed by atoms with Crippen LogP contribution in [0.1, 0.15) is 163 Å². The second kappa shape index (κ2) is 22.0. The number of para-hydroxylation sites is 2. The van der Waals surface area contributed by atoms with Gasteiger partial charge in [-0.25, -0.2) is 19.6 Å². The summed E-state index contributed by atoms with van der Waals surface area (Å²) in [6.07, 6.45) is 15.1. The molecule has 2 aliphatic heterocycles. The van der Waals surface area contributed by atoms with Crippen molar-refractivity contribution >= 4 is 24.6 Å². The molecule has 0 aliphatic carbocycles. The zero-order chi connectivity index (χ0) is 41.7. The van der Waals surface area contributed by atoms with E-state index in [2.05, 4.69) is 19.9 Å². The lowest BCUT2D eigenvalue weighted by molar-refractivity contribution is -0.143. The number of carbonyl (C=O) groups is 2. The largest absolute Gasteiger partial charge is 0.491 e. The minimum Gasteiger partial charge on any atom is -0.491 e. The second-order valence-corrected chi connectivity index (χ2v) is 17.7. The zero-order valence-electron chi connectivity index (χ0n) is 36.7. The quantitative estimate of drug-likeness (QED) is 0.0684. The van der Waals surface area contributed by atoms with Gasteiger partial charge in [0.25, 0.3) is 0 Å². The van der Waals surface area contributed by atoms with Crippen LogP contribution in [0.5, 0.6) is 5.75 Å². The number of thiol groups is 1. The number of unbranched alkanes of at least 4 members (excludes halogenated alkanes) is 8. The lowest BCUT2D eigenvalue weighted by Gasteiger charge is -2.40. The molecule has 1 atom stereocenters. The van der Waals surface area contributed by atoms with Crippen LogP contribution in [0.4, 0.5) is 0 Å². The van der Waals surface area contributed by atoms with Gasteiger partial charge in [-0.2, -0.15) is 0 Å². The number of aryl methyl sites for hydroxylation is 1. The van der Waals surface area contributed by atoms with Crippen LogP contribution >= 0.6 is 12.6 Å². The fraction of sp³-hybridized carbons (Fsp3) is 0.625. The number of ether oxygens (including phenoxy) is 3. The summed E-state index contributed by atoms with van der Waals surface area (Å²) in [5.41, 5.74) is 3.91. The molecule has 0 radical (unpaired) electrons. The average Bonchev–Trinajstić information content (AvgIpc) is 3.48. The first-order chi connectivity index (χ1) is 27.2. The summed E-state index contributed by atoms with van der Waals surface area (Å²) in [6, 6.07) is 13.8. The van der Waals surface area contributed by atoms with Gasteiger partial charge in [0.05, 0.1) is 52.6 Å². The fourth-order valence-electron chi connectivity index (χ4n) is 8.13. The Morgan fingerprint density at radius 2 is 1.21 bits per heavy atom. The van der Waals surface area contributed by atoms with Gasteiger partial charge >= 0.3 is 11.9 Å². The van der Waals surface area contributed by atoms with E-state index in [4.69, 9.17) is 36.8 Å². The van der Waals surface area contributed by atoms with E-state index in [-0.39, 0.29) is 24.9 Å². The molecule has 314 valence electrons. The van der Waals surface area contributed by atoms with Crippen molar-refractivity contribution in [2.24, 2.45) is 15.9 Å². The Kier molecular flexibility index (Phi) is 17.8. The molecule has 0 bridgehead atoms. The molecule has 2 heterocycles. The van der Waals surface area contributed by atoms with Crippen LogP contribution in [-0.2, 0) is 25.5 Å². The number of carbonyl (C=O) groups excluding carboxylic acids is 2. The summed E-state index contributed by atoms with van der Waals surface area (Å²) < 4.78 is 18.5. The molecule has 0 saturated carbocycles. The maximum absolute atomic E-state index is 14.5. The number of allylic oxidation sites excluding steroid dienone is 2. The SMILES string of the molecule is CCCCCCCCCCC(C)CCCCc1cccc(OC(C)C)c1C1C(C(=O)OC(C)C)=C(C)N(CC2(S)N=c3ccccc3=N2)C(C)=C1C(=O)OC(C)C. The maximum Gasteiger partial charge on any atom is 0.337 e. The number of nitrogens with zero attached hydrogens (tertiary/aromatic N) is 3. The molecule has 0 amide bonds. The molecule has 0 spiro atoms. The van der Waals surface area contributed by atoms with E-state index in [9.17, 15) is 9.59 Å². The van der Waals surface area contributed by atoms with Gasteiger partial charge in [0.2, 0.25) is 4.99 Å². The molecule has 8 nitrogen and oxygen atoms in total. The van der Waals surface area contributed by atoms with Crippen LogP contribution in [0.15, 0.2) is 75.0 Å². The molecular weight excluding hydrogens is 731 g/mol. The summed E-state index contributed by atoms with van der Waals surface area (Å²) in [5.74, 6) is -0.448. The van der Waals surface area contributed by atoms with Gasteiger partial charge in [-0.1, -0.05) is 109 Å². The maximum atomic E-state index is 14.5. The highest BCUT2D eigenvalue weighted by molar-refractivity contribution is 7.81. The molecule has 0 saturated heterocycles. The van der Waals surface area contributed by atoms with Crippen molar-refractivity contribution < 1.29 is 23.8 Å². The molecule has 2 aromatic carbocycles. The number of esters is 2. The monoisotopic (exact) mass is 802 g/mol. The minimum atomic E-state index is -1.16. The van der Waals surface area contributed by atoms with Crippen LogP contribution in [-0.4, -0.2) is 46.7 Å². The van der Waals surface area contributed by atoms with Crippen LogP contribution in [0.3, 0.4) is 0 Å². The van der Waals surface area contributed by atoms with Gasteiger partial charge in [-0.3, -0.25) is 0 Å². The minimum absolute atomic E-state index is 0.139. The molecule has 2 aromatic rings. The number of benzene rings is 2. The first kappa shape index (κ1) is 46.1. The number of rotatable bonds is 23. The third-order valence-electron chi connectivity index (χ3n) is 10.9. The summed E-state index contributed by atoms with van der Waals surface area (Å²) in [7, 11) is 0. The molecule has 9 heteroatoms. The Bertz CT molecular complexity index is 1770. The smallest absolute Gasteiger partial charge is 0.337 e. The van der Waals surface area contributed by atoms with Crippen molar-refractivity contribution in [3.8, 4) is 5.75 Å². The fourth-order valence-corrected chi connectivity index (χ4v) is 8.49. The highest BCUT2D eigenvalue weighted by atomic mass is 32.1. The molecule has 1 unspecified atom stereocenters. The van der Waals surface area contributed by atoms with Crippen molar-refractivity contribution in [1.82, 2.24) is 4.90 Å². The standard InChI is InChI=1S/C48H71N3O5S/c1-11-12-13-14-15-16-17-18-24-35(8)25-19-20-26-38-27-23-30-41(54-32(2)3)44(38)45-42(46(52)55-33(4)5)36(9)51(37(10)43(45)47(53)56-34(6)7)31-48(57)49-39-28-21-22-29-40(39)50-48/h21-23,27-30,32-35,45,57H,11-20,24-26,31H2,1-10H3. The Balaban J connectivity index is 1.71. The Morgan fingerprint density at radius 1 is 0.702 bits per heavy atom. The Morgan fingerprint density at radius 3 is 1.72 bits per heavy atom. The predicted octanol–water partition coefficient (Wildman–Crippen LogP) is 10.7. The second-order valence-electron chi connectivity index (χ2n) is 17.0. The summed E-state index contributed by atoms with van der Waals surface area (Å²) in [4.78, 5) is 39.6. The first-order valence-electron chi connectivity index (χ1n) is 21.8. The van der Waals surface area contributed by atoms with E-state index in [1.165, 1.54) is 64.2 Å².